The molecule has 29 heavy (non-hydrogen) atoms. The summed E-state index contributed by atoms with van der Waals surface area (Å²) in [6.07, 6.45) is 2.30. The van der Waals surface area contributed by atoms with Crippen molar-refractivity contribution in [2.45, 2.75) is 32.1 Å². The van der Waals surface area contributed by atoms with Crippen LogP contribution in [-0.2, 0) is 11.2 Å². The molecule has 1 atom stereocenters. The van der Waals surface area contributed by atoms with E-state index in [4.69, 9.17) is 9.26 Å². The van der Waals surface area contributed by atoms with Gasteiger partial charge in [-0.2, -0.15) is 4.98 Å². The predicted molar refractivity (Wildman–Crippen MR) is 110 cm³/mol. The smallest absolute Gasteiger partial charge is 0.261 e. The van der Waals surface area contributed by atoms with Crippen LogP contribution < -0.4 is 4.74 Å². The molecule has 2 heterocycles. The second-order valence-electron chi connectivity index (χ2n) is 7.50. The molecule has 0 aliphatic carbocycles. The number of carbonyl (C=O) groups is 1. The molecule has 0 spiro atoms. The Morgan fingerprint density at radius 3 is 2.79 bits per heavy atom. The summed E-state index contributed by atoms with van der Waals surface area (Å²) < 4.78 is 10.9. The highest BCUT2D eigenvalue weighted by Gasteiger charge is 2.28. The number of ether oxygens (including phenoxy) is 1. The molecule has 1 saturated heterocycles. The second kappa shape index (κ2) is 8.47. The van der Waals surface area contributed by atoms with Gasteiger partial charge in [-0.3, -0.25) is 4.79 Å². The number of benzene rings is 2. The van der Waals surface area contributed by atoms with Gasteiger partial charge in [0.15, 0.2) is 5.82 Å². The van der Waals surface area contributed by atoms with Crippen LogP contribution in [0.4, 0.5) is 0 Å². The van der Waals surface area contributed by atoms with Gasteiger partial charge in [-0.05, 0) is 37.5 Å². The van der Waals surface area contributed by atoms with Gasteiger partial charge in [0, 0.05) is 19.0 Å². The van der Waals surface area contributed by atoms with Gasteiger partial charge >= 0.3 is 0 Å². The lowest BCUT2D eigenvalue weighted by molar-refractivity contribution is -0.131. The minimum absolute atomic E-state index is 0.0814. The number of aromatic nitrogens is 2. The number of nitrogens with zero attached hydrogens (tertiary/aromatic N) is 3. The maximum Gasteiger partial charge on any atom is 0.261 e. The summed E-state index contributed by atoms with van der Waals surface area (Å²) in [7, 11) is 1.62. The zero-order chi connectivity index (χ0) is 20.2. The first kappa shape index (κ1) is 19.2. The average molecular weight is 391 g/mol. The monoisotopic (exact) mass is 391 g/mol. The van der Waals surface area contributed by atoms with Gasteiger partial charge in [0.25, 0.3) is 5.89 Å². The second-order valence-corrected chi connectivity index (χ2v) is 7.50. The fourth-order valence-corrected chi connectivity index (χ4v) is 3.74. The Labute approximate surface area is 170 Å². The summed E-state index contributed by atoms with van der Waals surface area (Å²) in [6.45, 7) is 3.44. The molecular weight excluding hydrogens is 366 g/mol. The minimum Gasteiger partial charge on any atom is -0.496 e. The molecule has 1 aliphatic heterocycles. The van der Waals surface area contributed by atoms with E-state index in [1.165, 1.54) is 5.56 Å². The van der Waals surface area contributed by atoms with Crippen LogP contribution in [-0.4, -0.2) is 41.1 Å². The van der Waals surface area contributed by atoms with Crippen LogP contribution in [0.25, 0.3) is 11.5 Å². The number of hydrogen-bond donors (Lipinski definition) is 0. The van der Waals surface area contributed by atoms with Crippen LogP contribution in [0.15, 0.2) is 53.1 Å². The fraction of sp³-hybridized carbons (Fsp3) is 0.348. The van der Waals surface area contributed by atoms with Crippen molar-refractivity contribution < 1.29 is 14.1 Å². The molecule has 1 aliphatic rings. The first-order valence-electron chi connectivity index (χ1n) is 9.94. The number of para-hydroxylation sites is 1. The van der Waals surface area contributed by atoms with Crippen molar-refractivity contribution in [3.63, 3.8) is 0 Å². The SMILES string of the molecule is COc1ccccc1-c1nc(C2CCCN(C(=O)Cc3ccc(C)cc3)C2)no1. The van der Waals surface area contributed by atoms with E-state index < -0.39 is 0 Å². The molecule has 2 aromatic carbocycles. The van der Waals surface area contributed by atoms with Crippen LogP contribution in [0, 0.1) is 6.92 Å². The summed E-state index contributed by atoms with van der Waals surface area (Å²) in [5.74, 6) is 2.02. The molecular formula is C23H25N3O3. The van der Waals surface area contributed by atoms with Crippen molar-refractivity contribution in [3.05, 3.63) is 65.5 Å². The van der Waals surface area contributed by atoms with E-state index in [0.29, 0.717) is 30.4 Å². The van der Waals surface area contributed by atoms with Gasteiger partial charge < -0.3 is 14.2 Å². The highest BCUT2D eigenvalue weighted by atomic mass is 16.5. The molecule has 3 aromatic rings. The Balaban J connectivity index is 1.45. The summed E-state index contributed by atoms with van der Waals surface area (Å²) in [5.41, 5.74) is 3.01. The predicted octanol–water partition coefficient (Wildman–Crippen LogP) is 4.00. The summed E-state index contributed by atoms with van der Waals surface area (Å²) in [4.78, 5) is 19.3. The van der Waals surface area contributed by atoms with E-state index in [0.717, 1.165) is 30.5 Å². The van der Waals surface area contributed by atoms with Gasteiger partial charge in [-0.15, -0.1) is 0 Å². The number of aryl methyl sites for hydroxylation is 1. The maximum atomic E-state index is 12.8. The Morgan fingerprint density at radius 2 is 2.00 bits per heavy atom. The lowest BCUT2D eigenvalue weighted by Crippen LogP contribution is -2.40. The zero-order valence-corrected chi connectivity index (χ0v) is 16.8. The van der Waals surface area contributed by atoms with E-state index in [1.54, 1.807) is 7.11 Å². The Morgan fingerprint density at radius 1 is 1.21 bits per heavy atom. The third kappa shape index (κ3) is 4.31. The first-order chi connectivity index (χ1) is 14.1. The highest BCUT2D eigenvalue weighted by Crippen LogP contribution is 2.31. The van der Waals surface area contributed by atoms with Crippen molar-refractivity contribution in [3.8, 4) is 17.2 Å². The first-order valence-corrected chi connectivity index (χ1v) is 9.94. The fourth-order valence-electron chi connectivity index (χ4n) is 3.74. The number of methoxy groups -OCH3 is 1. The Kier molecular flexibility index (Phi) is 5.60. The lowest BCUT2D eigenvalue weighted by atomic mass is 9.96. The van der Waals surface area contributed by atoms with Gasteiger partial charge in [-0.1, -0.05) is 47.1 Å². The van der Waals surface area contributed by atoms with Crippen molar-refractivity contribution in [2.75, 3.05) is 20.2 Å². The number of rotatable bonds is 5. The summed E-state index contributed by atoms with van der Waals surface area (Å²) in [5, 5.41) is 4.20. The molecule has 4 rings (SSSR count). The Hall–Kier alpha value is -3.15. The average Bonchev–Trinajstić information content (AvgIpc) is 3.25. The maximum absolute atomic E-state index is 12.8. The van der Waals surface area contributed by atoms with Crippen LogP contribution >= 0.6 is 0 Å². The number of hydrogen-bond acceptors (Lipinski definition) is 5. The zero-order valence-electron chi connectivity index (χ0n) is 16.8. The van der Waals surface area contributed by atoms with Gasteiger partial charge in [0.1, 0.15) is 5.75 Å². The van der Waals surface area contributed by atoms with Crippen LogP contribution in [0.3, 0.4) is 0 Å². The van der Waals surface area contributed by atoms with Crippen molar-refractivity contribution >= 4 is 5.91 Å². The molecule has 0 saturated carbocycles. The topological polar surface area (TPSA) is 68.5 Å². The molecule has 0 bridgehead atoms. The third-order valence-electron chi connectivity index (χ3n) is 5.39. The minimum atomic E-state index is 0.0814. The molecule has 1 fully saturated rings. The van der Waals surface area contributed by atoms with Crippen LogP contribution in [0.2, 0.25) is 0 Å². The van der Waals surface area contributed by atoms with Crippen molar-refractivity contribution in [2.24, 2.45) is 0 Å². The van der Waals surface area contributed by atoms with E-state index >= 15 is 0 Å². The van der Waals surface area contributed by atoms with E-state index in [-0.39, 0.29) is 11.8 Å². The summed E-state index contributed by atoms with van der Waals surface area (Å²) in [6, 6.07) is 15.7. The molecule has 6 heteroatoms. The number of amides is 1. The van der Waals surface area contributed by atoms with Gasteiger partial charge in [-0.25, -0.2) is 0 Å². The number of carbonyl (C=O) groups excluding carboxylic acids is 1. The highest BCUT2D eigenvalue weighted by molar-refractivity contribution is 5.79. The number of piperidine rings is 1. The van der Waals surface area contributed by atoms with E-state index in [2.05, 4.69) is 10.1 Å². The molecule has 1 unspecified atom stereocenters. The van der Waals surface area contributed by atoms with Crippen molar-refractivity contribution in [1.29, 1.82) is 0 Å². The third-order valence-corrected chi connectivity index (χ3v) is 5.39. The largest absolute Gasteiger partial charge is 0.496 e. The molecule has 0 radical (unpaired) electrons. The lowest BCUT2D eigenvalue weighted by Gasteiger charge is -2.31. The molecule has 6 nitrogen and oxygen atoms in total. The molecule has 0 N–H and O–H groups in total. The summed E-state index contributed by atoms with van der Waals surface area (Å²) >= 11 is 0. The molecule has 1 amide bonds. The van der Waals surface area contributed by atoms with E-state index in [1.807, 2.05) is 60.4 Å². The standard InChI is InChI=1S/C23H25N3O3/c1-16-9-11-17(12-10-16)14-21(27)26-13-5-6-18(15-26)22-24-23(29-25-22)19-7-3-4-8-20(19)28-2/h3-4,7-12,18H,5-6,13-15H2,1-2H3. The number of likely N-dealkylation sites (tertiary alicyclic amines) is 1. The normalized spacial score (nSPS) is 16.6. The molecule has 1 aromatic heterocycles. The van der Waals surface area contributed by atoms with E-state index in [9.17, 15) is 4.79 Å². The quantitative estimate of drug-likeness (QED) is 0.657. The Bertz CT molecular complexity index is 981. The molecule has 150 valence electrons. The van der Waals surface area contributed by atoms with Crippen molar-refractivity contribution in [1.82, 2.24) is 15.0 Å². The van der Waals surface area contributed by atoms with Gasteiger partial charge in [0.05, 0.1) is 19.1 Å². The van der Waals surface area contributed by atoms with Gasteiger partial charge in [0.2, 0.25) is 5.91 Å². The van der Waals surface area contributed by atoms with Crippen LogP contribution in [0.1, 0.15) is 35.7 Å². The van der Waals surface area contributed by atoms with Crippen LogP contribution in [0.5, 0.6) is 5.75 Å².